The fourth-order valence-electron chi connectivity index (χ4n) is 2.87. The molecule has 0 spiro atoms. The lowest BCUT2D eigenvalue weighted by molar-refractivity contribution is -0.121. The normalized spacial score (nSPS) is 11.3. The molecule has 0 bridgehead atoms. The van der Waals surface area contributed by atoms with E-state index in [0.717, 1.165) is 18.4 Å². The van der Waals surface area contributed by atoms with Crippen LogP contribution in [0.25, 0.3) is 0 Å². The summed E-state index contributed by atoms with van der Waals surface area (Å²) >= 11 is 0. The summed E-state index contributed by atoms with van der Waals surface area (Å²) in [5.74, 6) is 0.0509. The SMILES string of the molecule is CCNS(=O)(=O)c1ccc(CCNC(=O)CCCc2ccccc2C)cc1. The first-order valence-corrected chi connectivity index (χ1v) is 10.8. The maximum absolute atomic E-state index is 12.0. The Balaban J connectivity index is 1.71. The van der Waals surface area contributed by atoms with E-state index in [-0.39, 0.29) is 10.8 Å². The second-order valence-electron chi connectivity index (χ2n) is 6.53. The highest BCUT2D eigenvalue weighted by molar-refractivity contribution is 7.89. The molecule has 146 valence electrons. The van der Waals surface area contributed by atoms with Crippen molar-refractivity contribution in [2.45, 2.75) is 44.4 Å². The topological polar surface area (TPSA) is 75.3 Å². The van der Waals surface area contributed by atoms with Gasteiger partial charge in [-0.15, -0.1) is 0 Å². The van der Waals surface area contributed by atoms with Gasteiger partial charge in [0.05, 0.1) is 4.90 Å². The van der Waals surface area contributed by atoms with Crippen LogP contribution in [0.4, 0.5) is 0 Å². The maximum Gasteiger partial charge on any atom is 0.240 e. The van der Waals surface area contributed by atoms with Crippen LogP contribution in [0.15, 0.2) is 53.4 Å². The number of amides is 1. The van der Waals surface area contributed by atoms with Gasteiger partial charge in [-0.25, -0.2) is 13.1 Å². The Morgan fingerprint density at radius 3 is 2.37 bits per heavy atom. The van der Waals surface area contributed by atoms with Crippen LogP contribution in [-0.4, -0.2) is 27.4 Å². The van der Waals surface area contributed by atoms with Crippen LogP contribution in [0.2, 0.25) is 0 Å². The van der Waals surface area contributed by atoms with E-state index in [1.165, 1.54) is 11.1 Å². The summed E-state index contributed by atoms with van der Waals surface area (Å²) in [5.41, 5.74) is 3.54. The summed E-state index contributed by atoms with van der Waals surface area (Å²) in [6, 6.07) is 15.0. The molecule has 0 fully saturated rings. The zero-order valence-electron chi connectivity index (χ0n) is 16.0. The number of sulfonamides is 1. The molecule has 6 heteroatoms. The molecule has 2 aromatic carbocycles. The molecule has 2 rings (SSSR count). The number of benzene rings is 2. The number of hydrogen-bond acceptors (Lipinski definition) is 3. The minimum Gasteiger partial charge on any atom is -0.356 e. The molecule has 27 heavy (non-hydrogen) atoms. The molecule has 0 aliphatic rings. The van der Waals surface area contributed by atoms with E-state index < -0.39 is 10.0 Å². The van der Waals surface area contributed by atoms with E-state index in [1.807, 2.05) is 12.1 Å². The summed E-state index contributed by atoms with van der Waals surface area (Å²) in [4.78, 5) is 12.2. The van der Waals surface area contributed by atoms with Crippen molar-refractivity contribution < 1.29 is 13.2 Å². The van der Waals surface area contributed by atoms with Gasteiger partial charge in [0.2, 0.25) is 15.9 Å². The highest BCUT2D eigenvalue weighted by Gasteiger charge is 2.11. The quantitative estimate of drug-likeness (QED) is 0.657. The molecular weight excluding hydrogens is 360 g/mol. The Morgan fingerprint density at radius 1 is 1.00 bits per heavy atom. The van der Waals surface area contributed by atoms with Crippen LogP contribution in [0.1, 0.15) is 36.5 Å². The smallest absolute Gasteiger partial charge is 0.240 e. The average molecular weight is 389 g/mol. The van der Waals surface area contributed by atoms with Gasteiger partial charge in [0.15, 0.2) is 0 Å². The zero-order chi connectivity index (χ0) is 19.7. The number of carbonyl (C=O) groups excluding carboxylic acids is 1. The summed E-state index contributed by atoms with van der Waals surface area (Å²) in [6.07, 6.45) is 2.91. The predicted molar refractivity (Wildman–Crippen MR) is 108 cm³/mol. The second kappa shape index (κ2) is 10.2. The summed E-state index contributed by atoms with van der Waals surface area (Å²) in [5, 5.41) is 2.93. The highest BCUT2D eigenvalue weighted by Crippen LogP contribution is 2.12. The van der Waals surface area contributed by atoms with E-state index in [0.29, 0.717) is 25.9 Å². The Morgan fingerprint density at radius 2 is 1.70 bits per heavy atom. The number of aryl methyl sites for hydroxylation is 2. The molecule has 0 saturated heterocycles. The number of nitrogens with one attached hydrogen (secondary N) is 2. The first kappa shape index (κ1) is 21.1. The van der Waals surface area contributed by atoms with Crippen molar-refractivity contribution in [2.24, 2.45) is 0 Å². The molecule has 0 atom stereocenters. The van der Waals surface area contributed by atoms with E-state index >= 15 is 0 Å². The minimum absolute atomic E-state index is 0.0509. The Hall–Kier alpha value is -2.18. The molecule has 5 nitrogen and oxygen atoms in total. The van der Waals surface area contributed by atoms with Crippen LogP contribution in [0, 0.1) is 6.92 Å². The molecule has 1 amide bonds. The fraction of sp³-hybridized carbons (Fsp3) is 0.381. The maximum atomic E-state index is 12.0. The molecular formula is C21H28N2O3S. The molecule has 2 aromatic rings. The van der Waals surface area contributed by atoms with E-state index in [1.54, 1.807) is 31.2 Å². The van der Waals surface area contributed by atoms with Crippen molar-refractivity contribution in [2.75, 3.05) is 13.1 Å². The van der Waals surface area contributed by atoms with Gasteiger partial charge in [-0.05, 0) is 55.0 Å². The van der Waals surface area contributed by atoms with Gasteiger partial charge in [0.25, 0.3) is 0 Å². The fourth-order valence-corrected chi connectivity index (χ4v) is 3.91. The Kier molecular flexibility index (Phi) is 8.00. The molecule has 0 saturated carbocycles. The second-order valence-corrected chi connectivity index (χ2v) is 8.29. The van der Waals surface area contributed by atoms with Crippen molar-refractivity contribution in [1.82, 2.24) is 10.0 Å². The number of hydrogen-bond donors (Lipinski definition) is 2. The number of rotatable bonds is 10. The van der Waals surface area contributed by atoms with Gasteiger partial charge in [0, 0.05) is 19.5 Å². The monoisotopic (exact) mass is 388 g/mol. The van der Waals surface area contributed by atoms with Crippen LogP contribution in [0.3, 0.4) is 0 Å². The van der Waals surface area contributed by atoms with Crippen LogP contribution < -0.4 is 10.0 Å². The van der Waals surface area contributed by atoms with Gasteiger partial charge >= 0.3 is 0 Å². The van der Waals surface area contributed by atoms with Gasteiger partial charge in [-0.2, -0.15) is 0 Å². The van der Waals surface area contributed by atoms with E-state index in [4.69, 9.17) is 0 Å². The molecule has 0 aliphatic carbocycles. The van der Waals surface area contributed by atoms with Gasteiger partial charge in [-0.3, -0.25) is 4.79 Å². The largest absolute Gasteiger partial charge is 0.356 e. The lowest BCUT2D eigenvalue weighted by Gasteiger charge is -2.08. The highest BCUT2D eigenvalue weighted by atomic mass is 32.2. The van der Waals surface area contributed by atoms with Crippen LogP contribution in [-0.2, 0) is 27.7 Å². The molecule has 0 aromatic heterocycles. The third kappa shape index (κ3) is 6.81. The first-order valence-electron chi connectivity index (χ1n) is 9.32. The van der Waals surface area contributed by atoms with Crippen molar-refractivity contribution >= 4 is 15.9 Å². The van der Waals surface area contributed by atoms with Crippen molar-refractivity contribution in [1.29, 1.82) is 0 Å². The molecule has 0 heterocycles. The lowest BCUT2D eigenvalue weighted by atomic mass is 10.0. The van der Waals surface area contributed by atoms with Gasteiger partial charge < -0.3 is 5.32 Å². The molecule has 0 radical (unpaired) electrons. The minimum atomic E-state index is -3.42. The number of carbonyl (C=O) groups is 1. The lowest BCUT2D eigenvalue weighted by Crippen LogP contribution is -2.25. The van der Waals surface area contributed by atoms with Crippen molar-refractivity contribution in [3.8, 4) is 0 Å². The summed E-state index contributed by atoms with van der Waals surface area (Å²) in [6.45, 7) is 4.74. The molecule has 2 N–H and O–H groups in total. The predicted octanol–water partition coefficient (Wildman–Crippen LogP) is 2.97. The standard InChI is InChI=1S/C21H28N2O3S/c1-3-23-27(25,26)20-13-11-18(12-14-20)15-16-22-21(24)10-6-9-19-8-5-4-7-17(19)2/h4-5,7-8,11-14,23H,3,6,9-10,15-16H2,1-2H3,(H,22,24). The third-order valence-electron chi connectivity index (χ3n) is 4.42. The third-order valence-corrected chi connectivity index (χ3v) is 5.98. The van der Waals surface area contributed by atoms with Crippen LogP contribution >= 0.6 is 0 Å². The Labute approximate surface area is 162 Å². The summed E-state index contributed by atoms with van der Waals surface area (Å²) in [7, 11) is -3.42. The Bertz CT molecular complexity index is 846. The van der Waals surface area contributed by atoms with Crippen molar-refractivity contribution in [3.05, 3.63) is 65.2 Å². The zero-order valence-corrected chi connectivity index (χ0v) is 16.8. The molecule has 0 aliphatic heterocycles. The van der Waals surface area contributed by atoms with E-state index in [9.17, 15) is 13.2 Å². The van der Waals surface area contributed by atoms with Crippen LogP contribution in [0.5, 0.6) is 0 Å². The first-order chi connectivity index (χ1) is 12.9. The van der Waals surface area contributed by atoms with Gasteiger partial charge in [0.1, 0.15) is 0 Å². The van der Waals surface area contributed by atoms with Gasteiger partial charge in [-0.1, -0.05) is 43.3 Å². The summed E-state index contributed by atoms with van der Waals surface area (Å²) < 4.78 is 26.3. The average Bonchev–Trinajstić information content (AvgIpc) is 2.64. The van der Waals surface area contributed by atoms with Crippen molar-refractivity contribution in [3.63, 3.8) is 0 Å². The molecule has 0 unspecified atom stereocenters. The van der Waals surface area contributed by atoms with E-state index in [2.05, 4.69) is 29.1 Å².